The second kappa shape index (κ2) is 6.53. The van der Waals surface area contributed by atoms with Gasteiger partial charge in [-0.3, -0.25) is 9.80 Å². The van der Waals surface area contributed by atoms with Crippen molar-refractivity contribution in [3.05, 3.63) is 0 Å². The summed E-state index contributed by atoms with van der Waals surface area (Å²) in [4.78, 5) is 3.63. The van der Waals surface area contributed by atoms with Crippen LogP contribution in [0.5, 0.6) is 0 Å². The van der Waals surface area contributed by atoms with Crippen LogP contribution in [-0.2, 0) is 0 Å². The summed E-state index contributed by atoms with van der Waals surface area (Å²) in [6, 6.07) is 0. The van der Waals surface area contributed by atoms with E-state index >= 15 is 0 Å². The van der Waals surface area contributed by atoms with Crippen LogP contribution in [-0.4, -0.2) is 78.2 Å². The van der Waals surface area contributed by atoms with E-state index < -0.39 is 12.3 Å². The van der Waals surface area contributed by atoms with E-state index in [1.54, 1.807) is 4.90 Å². The Kier molecular flexibility index (Phi) is 5.64. The van der Waals surface area contributed by atoms with Crippen LogP contribution >= 0.6 is 0 Å². The smallest absolute Gasteiger partial charge is 0.395 e. The highest BCUT2D eigenvalue weighted by molar-refractivity contribution is 4.75. The lowest BCUT2D eigenvalue weighted by molar-refractivity contribution is -0.208. The van der Waals surface area contributed by atoms with Crippen molar-refractivity contribution in [3.8, 4) is 0 Å². The number of aliphatic hydroxyl groups is 2. The van der Waals surface area contributed by atoms with Gasteiger partial charge in [-0.25, -0.2) is 0 Å². The van der Waals surface area contributed by atoms with Crippen molar-refractivity contribution in [2.45, 2.75) is 18.7 Å². The topological polar surface area (TPSA) is 46.9 Å². The zero-order valence-corrected chi connectivity index (χ0v) is 9.66. The highest BCUT2D eigenvalue weighted by Gasteiger charge is 2.39. The van der Waals surface area contributed by atoms with Gasteiger partial charge >= 0.3 is 6.18 Å². The molecule has 1 aliphatic rings. The number of halogens is 3. The Morgan fingerprint density at radius 1 is 1.06 bits per heavy atom. The third kappa shape index (κ3) is 5.20. The number of hydrogen-bond donors (Lipinski definition) is 2. The third-order valence-corrected chi connectivity index (χ3v) is 2.91. The molecule has 0 radical (unpaired) electrons. The molecule has 1 aliphatic heterocycles. The van der Waals surface area contributed by atoms with Crippen LogP contribution in [0, 0.1) is 0 Å². The molecule has 0 amide bonds. The molecule has 4 nitrogen and oxygen atoms in total. The average molecular weight is 256 g/mol. The van der Waals surface area contributed by atoms with Gasteiger partial charge in [0.25, 0.3) is 0 Å². The summed E-state index contributed by atoms with van der Waals surface area (Å²) in [5, 5.41) is 17.8. The fourth-order valence-corrected chi connectivity index (χ4v) is 1.92. The van der Waals surface area contributed by atoms with Crippen LogP contribution < -0.4 is 0 Å². The van der Waals surface area contributed by atoms with Gasteiger partial charge in [0.05, 0.1) is 6.61 Å². The molecule has 17 heavy (non-hydrogen) atoms. The number of nitrogens with zero attached hydrogens (tertiary/aromatic N) is 2. The molecule has 7 heteroatoms. The third-order valence-electron chi connectivity index (χ3n) is 2.91. The Bertz CT molecular complexity index is 226. The molecule has 0 aromatic rings. The van der Waals surface area contributed by atoms with Gasteiger partial charge in [0.15, 0.2) is 6.10 Å². The first-order chi connectivity index (χ1) is 7.93. The number of hydrogen-bond acceptors (Lipinski definition) is 4. The summed E-state index contributed by atoms with van der Waals surface area (Å²) >= 11 is 0. The first-order valence-corrected chi connectivity index (χ1v) is 5.74. The van der Waals surface area contributed by atoms with Crippen LogP contribution in [0.1, 0.15) is 6.42 Å². The number of β-amino-alcohol motifs (C(OH)–C–C–N with tert-alkyl or cyclic N) is 2. The monoisotopic (exact) mass is 256 g/mol. The second-order valence-electron chi connectivity index (χ2n) is 4.28. The molecule has 0 aromatic carbocycles. The van der Waals surface area contributed by atoms with Crippen molar-refractivity contribution >= 4 is 0 Å². The fraction of sp³-hybridized carbons (Fsp3) is 1.00. The summed E-state index contributed by atoms with van der Waals surface area (Å²) in [6.07, 6.45) is -6.06. The van der Waals surface area contributed by atoms with E-state index in [1.807, 2.05) is 4.90 Å². The van der Waals surface area contributed by atoms with E-state index in [2.05, 4.69) is 0 Å². The van der Waals surface area contributed by atoms with Crippen molar-refractivity contribution in [3.63, 3.8) is 0 Å². The molecule has 102 valence electrons. The predicted octanol–water partition coefficient (Wildman–Crippen LogP) is -0.0904. The molecule has 0 bridgehead atoms. The number of aliphatic hydroxyl groups excluding tert-OH is 2. The molecule has 0 spiro atoms. The largest absolute Gasteiger partial charge is 0.415 e. The lowest BCUT2D eigenvalue weighted by Crippen LogP contribution is -2.42. The highest BCUT2D eigenvalue weighted by atomic mass is 19.4. The molecule has 1 rings (SSSR count). The van der Waals surface area contributed by atoms with Gasteiger partial charge in [0, 0.05) is 26.2 Å². The van der Waals surface area contributed by atoms with Crippen LogP contribution in [0.4, 0.5) is 13.2 Å². The van der Waals surface area contributed by atoms with Gasteiger partial charge in [-0.15, -0.1) is 0 Å². The van der Waals surface area contributed by atoms with E-state index in [-0.39, 0.29) is 13.2 Å². The number of alkyl halides is 3. The van der Waals surface area contributed by atoms with Crippen molar-refractivity contribution in [1.82, 2.24) is 9.80 Å². The van der Waals surface area contributed by atoms with Gasteiger partial charge in [-0.1, -0.05) is 0 Å². The SMILES string of the molecule is OCCN1CCCN(CC(O)C(F)(F)F)CC1. The van der Waals surface area contributed by atoms with E-state index in [0.717, 1.165) is 13.0 Å². The van der Waals surface area contributed by atoms with Gasteiger partial charge < -0.3 is 10.2 Å². The zero-order valence-electron chi connectivity index (χ0n) is 9.66. The molecular formula is C10H19F3N2O2. The van der Waals surface area contributed by atoms with Crippen molar-refractivity contribution in [2.24, 2.45) is 0 Å². The molecule has 1 unspecified atom stereocenters. The maximum atomic E-state index is 12.2. The van der Waals surface area contributed by atoms with Crippen molar-refractivity contribution in [1.29, 1.82) is 0 Å². The van der Waals surface area contributed by atoms with Crippen molar-refractivity contribution in [2.75, 3.05) is 45.9 Å². The van der Waals surface area contributed by atoms with E-state index in [1.165, 1.54) is 0 Å². The van der Waals surface area contributed by atoms with Crippen LogP contribution in [0.3, 0.4) is 0 Å². The van der Waals surface area contributed by atoms with Gasteiger partial charge in [0.1, 0.15) is 0 Å². The van der Waals surface area contributed by atoms with Crippen LogP contribution in [0.25, 0.3) is 0 Å². The molecule has 0 aliphatic carbocycles. The average Bonchev–Trinajstić information content (AvgIpc) is 2.43. The van der Waals surface area contributed by atoms with Crippen LogP contribution in [0.2, 0.25) is 0 Å². The predicted molar refractivity (Wildman–Crippen MR) is 56.6 cm³/mol. The molecule has 1 heterocycles. The standard InChI is InChI=1S/C10H19F3N2O2/c11-10(12,13)9(17)8-15-3-1-2-14(4-5-15)6-7-16/h9,16-17H,1-8H2. The van der Waals surface area contributed by atoms with E-state index in [9.17, 15) is 13.2 Å². The number of rotatable bonds is 4. The Hall–Kier alpha value is -0.370. The quantitative estimate of drug-likeness (QED) is 0.738. The Morgan fingerprint density at radius 3 is 2.24 bits per heavy atom. The first-order valence-electron chi connectivity index (χ1n) is 5.74. The summed E-state index contributed by atoms with van der Waals surface area (Å²) < 4.78 is 36.5. The highest BCUT2D eigenvalue weighted by Crippen LogP contribution is 2.21. The van der Waals surface area contributed by atoms with Gasteiger partial charge in [-0.05, 0) is 19.5 Å². The molecule has 0 saturated carbocycles. The fourth-order valence-electron chi connectivity index (χ4n) is 1.92. The second-order valence-corrected chi connectivity index (χ2v) is 4.28. The molecule has 1 fully saturated rings. The first kappa shape index (κ1) is 14.7. The molecular weight excluding hydrogens is 237 g/mol. The maximum absolute atomic E-state index is 12.2. The summed E-state index contributed by atoms with van der Waals surface area (Å²) in [7, 11) is 0. The minimum Gasteiger partial charge on any atom is -0.395 e. The Morgan fingerprint density at radius 2 is 1.65 bits per heavy atom. The van der Waals surface area contributed by atoms with Gasteiger partial charge in [0.2, 0.25) is 0 Å². The molecule has 0 aromatic heterocycles. The zero-order chi connectivity index (χ0) is 12.9. The minimum atomic E-state index is -4.54. The van der Waals surface area contributed by atoms with Crippen LogP contribution in [0.15, 0.2) is 0 Å². The minimum absolute atomic E-state index is 0.0607. The molecule has 1 atom stereocenters. The summed E-state index contributed by atoms with van der Waals surface area (Å²) in [6.45, 7) is 2.70. The maximum Gasteiger partial charge on any atom is 0.415 e. The van der Waals surface area contributed by atoms with Gasteiger partial charge in [-0.2, -0.15) is 13.2 Å². The lowest BCUT2D eigenvalue weighted by Gasteiger charge is -2.24. The molecule has 2 N–H and O–H groups in total. The molecule has 1 saturated heterocycles. The van der Waals surface area contributed by atoms with E-state index in [4.69, 9.17) is 10.2 Å². The summed E-state index contributed by atoms with van der Waals surface area (Å²) in [5.41, 5.74) is 0. The van der Waals surface area contributed by atoms with E-state index in [0.29, 0.717) is 26.2 Å². The summed E-state index contributed by atoms with van der Waals surface area (Å²) in [5.74, 6) is 0. The lowest BCUT2D eigenvalue weighted by atomic mass is 10.3. The Labute approximate surface area is 98.6 Å². The normalized spacial score (nSPS) is 22.4. The van der Waals surface area contributed by atoms with Crippen molar-refractivity contribution < 1.29 is 23.4 Å². The Balaban J connectivity index is 2.36.